The van der Waals surface area contributed by atoms with Gasteiger partial charge in [0, 0.05) is 24.3 Å². The maximum absolute atomic E-state index is 13.2. The van der Waals surface area contributed by atoms with Crippen molar-refractivity contribution in [3.63, 3.8) is 0 Å². The van der Waals surface area contributed by atoms with E-state index in [0.29, 0.717) is 31.1 Å². The number of ether oxygens (including phenoxy) is 2. The van der Waals surface area contributed by atoms with Crippen molar-refractivity contribution in [1.29, 1.82) is 0 Å². The van der Waals surface area contributed by atoms with Crippen molar-refractivity contribution in [1.82, 2.24) is 10.4 Å². The van der Waals surface area contributed by atoms with E-state index in [1.807, 2.05) is 11.8 Å². The van der Waals surface area contributed by atoms with Crippen molar-refractivity contribution in [2.24, 2.45) is 11.8 Å². The van der Waals surface area contributed by atoms with Gasteiger partial charge in [0.15, 0.2) is 0 Å². The smallest absolute Gasteiger partial charge is 0.274 e. The summed E-state index contributed by atoms with van der Waals surface area (Å²) in [5.41, 5.74) is 2.77. The van der Waals surface area contributed by atoms with Gasteiger partial charge in [-0.25, -0.2) is 5.48 Å². The van der Waals surface area contributed by atoms with E-state index in [0.717, 1.165) is 12.0 Å². The van der Waals surface area contributed by atoms with Gasteiger partial charge in [-0.1, -0.05) is 19.9 Å². The predicted octanol–water partition coefficient (Wildman–Crippen LogP) is 2.09. The Labute approximate surface area is 166 Å². The van der Waals surface area contributed by atoms with Crippen LogP contribution in [-0.4, -0.2) is 47.3 Å². The lowest BCUT2D eigenvalue weighted by atomic mass is 9.91. The van der Waals surface area contributed by atoms with Gasteiger partial charge in [-0.3, -0.25) is 14.8 Å². The maximum atomic E-state index is 13.2. The summed E-state index contributed by atoms with van der Waals surface area (Å²) in [6.07, 6.45) is 0.697. The summed E-state index contributed by atoms with van der Waals surface area (Å²) in [4.78, 5) is 26.7. The molecule has 0 spiro atoms. The monoisotopic (exact) mass is 396 g/mol. The molecule has 2 aliphatic heterocycles. The Kier molecular flexibility index (Phi) is 7.13. The fourth-order valence-electron chi connectivity index (χ4n) is 3.71. The molecule has 3 rings (SSSR count). The topological polar surface area (TPSA) is 88.1 Å². The molecule has 1 fully saturated rings. The van der Waals surface area contributed by atoms with Crippen LogP contribution in [0, 0.1) is 11.8 Å². The Bertz CT molecular complexity index is 697. The zero-order valence-electron chi connectivity index (χ0n) is 15.9. The van der Waals surface area contributed by atoms with E-state index in [4.69, 9.17) is 14.7 Å². The molecule has 0 radical (unpaired) electrons. The van der Waals surface area contributed by atoms with Crippen molar-refractivity contribution in [3.05, 3.63) is 29.3 Å². The first-order valence-corrected chi connectivity index (χ1v) is 9.04. The highest BCUT2D eigenvalue weighted by Crippen LogP contribution is 2.32. The number of hydrogen-bond acceptors (Lipinski definition) is 5. The Balaban J connectivity index is 0.00000261. The number of nitrogens with zero attached hydrogens (tertiary/aromatic N) is 1. The van der Waals surface area contributed by atoms with Gasteiger partial charge in [-0.15, -0.1) is 0 Å². The van der Waals surface area contributed by atoms with E-state index >= 15 is 0 Å². The molecule has 8 heteroatoms. The normalized spacial score (nSPS) is 24.5. The molecule has 0 saturated carbocycles. The van der Waals surface area contributed by atoms with Gasteiger partial charge in [0.25, 0.3) is 5.91 Å². The number of hydrogen-bond donors (Lipinski definition) is 2. The van der Waals surface area contributed by atoms with Crippen LogP contribution in [0.4, 0.5) is 0 Å². The molecule has 1 aromatic carbocycles. The average molecular weight is 397 g/mol. The summed E-state index contributed by atoms with van der Waals surface area (Å²) in [5, 5.41) is 8.79. The average Bonchev–Trinajstić information content (AvgIpc) is 3.07. The van der Waals surface area contributed by atoms with Crippen LogP contribution in [0.5, 0.6) is 5.75 Å². The summed E-state index contributed by atoms with van der Waals surface area (Å²) in [5.74, 6) is 0.235. The fraction of sp³-hybridized carbons (Fsp3) is 0.579. The molecule has 3 atom stereocenters. The third-order valence-corrected chi connectivity index (χ3v) is 5.18. The second kappa shape index (κ2) is 8.95. The van der Waals surface area contributed by atoms with Crippen LogP contribution in [0.25, 0.3) is 0 Å². The first-order chi connectivity index (χ1) is 12.4. The number of nitrogens with one attached hydrogen (secondary N) is 1. The van der Waals surface area contributed by atoms with Crippen LogP contribution in [0.3, 0.4) is 0 Å². The van der Waals surface area contributed by atoms with Crippen LogP contribution >= 0.6 is 13.5 Å². The van der Waals surface area contributed by atoms with Crippen molar-refractivity contribution < 1.29 is 24.3 Å². The largest absolute Gasteiger partial charge is 0.491 e. The molecule has 2 heterocycles. The number of carbonyl (C=O) groups excluding carboxylic acids is 2. The van der Waals surface area contributed by atoms with E-state index in [9.17, 15) is 9.59 Å². The molecule has 0 bridgehead atoms. The van der Waals surface area contributed by atoms with Crippen LogP contribution in [0.1, 0.15) is 43.1 Å². The minimum absolute atomic E-state index is 0. The van der Waals surface area contributed by atoms with Gasteiger partial charge in [-0.2, -0.15) is 13.5 Å². The predicted molar refractivity (Wildman–Crippen MR) is 104 cm³/mol. The van der Waals surface area contributed by atoms with Gasteiger partial charge in [0.05, 0.1) is 18.1 Å². The number of hydroxylamine groups is 1. The zero-order chi connectivity index (χ0) is 18.8. The highest BCUT2D eigenvalue weighted by molar-refractivity contribution is 7.59. The highest BCUT2D eigenvalue weighted by atomic mass is 32.1. The van der Waals surface area contributed by atoms with E-state index in [2.05, 4.69) is 13.8 Å². The fourth-order valence-corrected chi connectivity index (χ4v) is 3.71. The molecule has 7 nitrogen and oxygen atoms in total. The Morgan fingerprint density at radius 3 is 2.74 bits per heavy atom. The molecule has 1 saturated heterocycles. The van der Waals surface area contributed by atoms with Crippen LogP contribution in [0.15, 0.2) is 18.2 Å². The second-order valence-electron chi connectivity index (χ2n) is 7.36. The molecular formula is C19H28N2O5S. The Hall–Kier alpha value is -1.77. The first kappa shape index (κ1) is 21.5. The maximum Gasteiger partial charge on any atom is 0.274 e. The number of amides is 2. The molecule has 27 heavy (non-hydrogen) atoms. The Morgan fingerprint density at radius 1 is 1.33 bits per heavy atom. The third kappa shape index (κ3) is 4.39. The SMILES string of the molecule is CC(C)C1OCCC1C(=O)N1Cc2ccc(C(=O)NO)cc2OC[C@@H]1C.S. The van der Waals surface area contributed by atoms with Crippen molar-refractivity contribution in [2.45, 2.75) is 45.9 Å². The van der Waals surface area contributed by atoms with Gasteiger partial charge in [0.1, 0.15) is 12.4 Å². The lowest BCUT2D eigenvalue weighted by Crippen LogP contribution is -2.45. The van der Waals surface area contributed by atoms with Gasteiger partial charge in [0.2, 0.25) is 5.91 Å². The van der Waals surface area contributed by atoms with Gasteiger partial charge in [-0.05, 0) is 31.4 Å². The standard InChI is InChI=1S/C19H26N2O5.H2S/c1-11(2)17-15(6-7-25-17)19(23)21-9-14-5-4-13(18(22)20-24)8-16(14)26-10-12(21)3;/h4-5,8,11-12,15,17,24H,6-7,9-10H2,1-3H3,(H,20,22);1H2/t12-,15?,17?;/m0./s1. The lowest BCUT2D eigenvalue weighted by molar-refractivity contribution is -0.141. The molecule has 1 aromatic rings. The van der Waals surface area contributed by atoms with Crippen molar-refractivity contribution in [3.8, 4) is 5.75 Å². The molecule has 2 unspecified atom stereocenters. The zero-order valence-corrected chi connectivity index (χ0v) is 16.9. The lowest BCUT2D eigenvalue weighted by Gasteiger charge is -2.31. The third-order valence-electron chi connectivity index (χ3n) is 5.18. The quantitative estimate of drug-likeness (QED) is 0.603. The number of carbonyl (C=O) groups is 2. The van der Waals surface area contributed by atoms with Crippen LogP contribution in [-0.2, 0) is 16.1 Å². The summed E-state index contributed by atoms with van der Waals surface area (Å²) in [6, 6.07) is 4.89. The first-order valence-electron chi connectivity index (χ1n) is 9.04. The van der Waals surface area contributed by atoms with Crippen LogP contribution < -0.4 is 10.2 Å². The molecule has 2 N–H and O–H groups in total. The number of rotatable bonds is 3. The summed E-state index contributed by atoms with van der Waals surface area (Å²) < 4.78 is 11.6. The number of fused-ring (bicyclic) bond motifs is 1. The summed E-state index contributed by atoms with van der Waals surface area (Å²) >= 11 is 0. The van der Waals surface area contributed by atoms with E-state index < -0.39 is 5.91 Å². The highest BCUT2D eigenvalue weighted by Gasteiger charge is 2.40. The van der Waals surface area contributed by atoms with E-state index in [1.54, 1.807) is 23.7 Å². The second-order valence-corrected chi connectivity index (χ2v) is 7.36. The summed E-state index contributed by atoms with van der Waals surface area (Å²) in [6.45, 7) is 7.52. The van der Waals surface area contributed by atoms with E-state index in [-0.39, 0.29) is 43.4 Å². The minimum atomic E-state index is -0.593. The molecule has 0 aromatic heterocycles. The minimum Gasteiger partial charge on any atom is -0.491 e. The molecule has 2 amide bonds. The molecule has 0 aliphatic carbocycles. The summed E-state index contributed by atoms with van der Waals surface area (Å²) in [7, 11) is 0. The molecule has 150 valence electrons. The molecule has 2 aliphatic rings. The van der Waals surface area contributed by atoms with Crippen LogP contribution in [0.2, 0.25) is 0 Å². The molecular weight excluding hydrogens is 368 g/mol. The van der Waals surface area contributed by atoms with Gasteiger partial charge < -0.3 is 14.4 Å². The van der Waals surface area contributed by atoms with Crippen molar-refractivity contribution in [2.75, 3.05) is 13.2 Å². The van der Waals surface area contributed by atoms with E-state index in [1.165, 1.54) is 0 Å². The Morgan fingerprint density at radius 2 is 2.07 bits per heavy atom. The number of benzene rings is 1. The van der Waals surface area contributed by atoms with Gasteiger partial charge >= 0.3 is 0 Å². The van der Waals surface area contributed by atoms with Crippen molar-refractivity contribution >= 4 is 25.3 Å².